The summed E-state index contributed by atoms with van der Waals surface area (Å²) in [6.45, 7) is 1.46. The van der Waals surface area contributed by atoms with E-state index in [9.17, 15) is 9.90 Å². The van der Waals surface area contributed by atoms with Gasteiger partial charge in [-0.25, -0.2) is 0 Å². The lowest BCUT2D eigenvalue weighted by Gasteiger charge is -2.03. The highest BCUT2D eigenvalue weighted by atomic mass is 16.3. The summed E-state index contributed by atoms with van der Waals surface area (Å²) in [6, 6.07) is 8.69. The van der Waals surface area contributed by atoms with Crippen LogP contribution >= 0.6 is 0 Å². The zero-order valence-corrected chi connectivity index (χ0v) is 7.82. The molecule has 1 aromatic carbocycles. The highest BCUT2D eigenvalue weighted by Crippen LogP contribution is 2.14. The van der Waals surface area contributed by atoms with Crippen molar-refractivity contribution < 1.29 is 9.90 Å². The lowest BCUT2D eigenvalue weighted by molar-refractivity contribution is -0.104. The lowest BCUT2D eigenvalue weighted by atomic mass is 10.1. The smallest absolute Gasteiger partial charge is 0.155 e. The highest BCUT2D eigenvalue weighted by molar-refractivity contribution is 6.17. The van der Waals surface area contributed by atoms with E-state index >= 15 is 0 Å². The summed E-state index contributed by atoms with van der Waals surface area (Å²) in [5, 5.41) is 16.9. The summed E-state index contributed by atoms with van der Waals surface area (Å²) in [7, 11) is 0. The number of rotatable bonds is 3. The van der Waals surface area contributed by atoms with Crippen molar-refractivity contribution in [3.05, 3.63) is 41.5 Å². The molecule has 0 unspecified atom stereocenters. The van der Waals surface area contributed by atoms with Gasteiger partial charge in [0.1, 0.15) is 5.76 Å². The van der Waals surface area contributed by atoms with Gasteiger partial charge in [0.2, 0.25) is 0 Å². The molecule has 0 atom stereocenters. The summed E-state index contributed by atoms with van der Waals surface area (Å²) in [4.78, 5) is 10.6. The molecule has 3 nitrogen and oxygen atoms in total. The maximum Gasteiger partial charge on any atom is 0.155 e. The number of aliphatic hydroxyl groups is 1. The third-order valence-corrected chi connectivity index (χ3v) is 1.82. The Morgan fingerprint density at radius 2 is 1.93 bits per heavy atom. The standard InChI is InChI=1S/C11H11NO2/c1-8(12)10(7-13)11(14)9-5-3-2-4-6-9/h2-7,12,14H,1H3/b11-10-,12-8?. The summed E-state index contributed by atoms with van der Waals surface area (Å²) in [6.07, 6.45) is 0.491. The molecular weight excluding hydrogens is 178 g/mol. The molecular formula is C11H11NO2. The van der Waals surface area contributed by atoms with Crippen LogP contribution in [0.1, 0.15) is 12.5 Å². The van der Waals surface area contributed by atoms with Crippen molar-refractivity contribution in [2.24, 2.45) is 0 Å². The first-order valence-corrected chi connectivity index (χ1v) is 4.16. The quantitative estimate of drug-likeness (QED) is 0.331. The molecule has 0 saturated carbocycles. The Morgan fingerprint density at radius 3 is 2.36 bits per heavy atom. The number of allylic oxidation sites excluding steroid dienone is 1. The van der Waals surface area contributed by atoms with Gasteiger partial charge < -0.3 is 10.5 Å². The van der Waals surface area contributed by atoms with Gasteiger partial charge in [0, 0.05) is 11.3 Å². The number of hydrogen-bond donors (Lipinski definition) is 2. The largest absolute Gasteiger partial charge is 0.507 e. The molecule has 0 aromatic heterocycles. The first kappa shape index (κ1) is 10.2. The number of carbonyl (C=O) groups is 1. The van der Waals surface area contributed by atoms with Gasteiger partial charge in [-0.1, -0.05) is 30.3 Å². The maximum atomic E-state index is 10.6. The molecule has 0 amide bonds. The van der Waals surface area contributed by atoms with Crippen LogP contribution in [0.4, 0.5) is 0 Å². The van der Waals surface area contributed by atoms with Crippen molar-refractivity contribution in [2.75, 3.05) is 0 Å². The average molecular weight is 189 g/mol. The van der Waals surface area contributed by atoms with Crippen LogP contribution in [0.2, 0.25) is 0 Å². The van der Waals surface area contributed by atoms with Gasteiger partial charge in [-0.05, 0) is 6.92 Å². The summed E-state index contributed by atoms with van der Waals surface area (Å²) in [5.74, 6) is -0.145. The summed E-state index contributed by atoms with van der Waals surface area (Å²) in [5.41, 5.74) is 0.624. The number of aldehydes is 1. The molecule has 72 valence electrons. The van der Waals surface area contributed by atoms with Crippen molar-refractivity contribution in [3.8, 4) is 0 Å². The molecule has 2 N–H and O–H groups in total. The van der Waals surface area contributed by atoms with Crippen LogP contribution in [-0.2, 0) is 4.79 Å². The minimum atomic E-state index is -0.145. The molecule has 0 spiro atoms. The predicted molar refractivity (Wildman–Crippen MR) is 55.5 cm³/mol. The van der Waals surface area contributed by atoms with E-state index in [2.05, 4.69) is 0 Å². The van der Waals surface area contributed by atoms with Crippen molar-refractivity contribution >= 4 is 17.8 Å². The molecule has 1 rings (SSSR count). The van der Waals surface area contributed by atoms with Gasteiger partial charge in [-0.3, -0.25) is 4.79 Å². The van der Waals surface area contributed by atoms with Crippen LogP contribution in [-0.4, -0.2) is 17.1 Å². The minimum Gasteiger partial charge on any atom is -0.507 e. The van der Waals surface area contributed by atoms with E-state index in [4.69, 9.17) is 5.41 Å². The SMILES string of the molecule is CC(=N)/C(C=O)=C(\O)c1ccccc1. The van der Waals surface area contributed by atoms with Crippen molar-refractivity contribution in [2.45, 2.75) is 6.92 Å². The molecule has 0 saturated heterocycles. The van der Waals surface area contributed by atoms with E-state index in [1.54, 1.807) is 24.3 Å². The molecule has 0 radical (unpaired) electrons. The van der Waals surface area contributed by atoms with Gasteiger partial charge in [0.25, 0.3) is 0 Å². The van der Waals surface area contributed by atoms with Crippen LogP contribution in [0.3, 0.4) is 0 Å². The van der Waals surface area contributed by atoms with Crippen LogP contribution in [0, 0.1) is 5.41 Å². The third kappa shape index (κ3) is 2.07. The number of nitrogens with one attached hydrogen (secondary N) is 1. The Labute approximate surface area is 82.2 Å². The van der Waals surface area contributed by atoms with Gasteiger partial charge in [0.05, 0.1) is 5.57 Å². The van der Waals surface area contributed by atoms with E-state index in [-0.39, 0.29) is 17.0 Å². The first-order chi connectivity index (χ1) is 6.66. The van der Waals surface area contributed by atoms with Crippen LogP contribution in [0.15, 0.2) is 35.9 Å². The topological polar surface area (TPSA) is 61.2 Å². The normalized spacial score (nSPS) is 11.8. The number of carbonyl (C=O) groups excluding carboxylic acids is 1. The minimum absolute atomic E-state index is 0.0243. The van der Waals surface area contributed by atoms with E-state index < -0.39 is 0 Å². The fraction of sp³-hybridized carbons (Fsp3) is 0.0909. The molecule has 1 aromatic rings. The van der Waals surface area contributed by atoms with Gasteiger partial charge in [-0.2, -0.15) is 0 Å². The zero-order valence-electron chi connectivity index (χ0n) is 7.82. The Hall–Kier alpha value is -1.90. The summed E-state index contributed by atoms with van der Waals surface area (Å²) >= 11 is 0. The van der Waals surface area contributed by atoms with Crippen LogP contribution < -0.4 is 0 Å². The van der Waals surface area contributed by atoms with E-state index in [1.165, 1.54) is 6.92 Å². The van der Waals surface area contributed by atoms with Crippen LogP contribution in [0.5, 0.6) is 0 Å². The van der Waals surface area contributed by atoms with Gasteiger partial charge >= 0.3 is 0 Å². The first-order valence-electron chi connectivity index (χ1n) is 4.16. The summed E-state index contributed by atoms with van der Waals surface area (Å²) < 4.78 is 0. The van der Waals surface area contributed by atoms with Gasteiger partial charge in [-0.15, -0.1) is 0 Å². The van der Waals surface area contributed by atoms with E-state index in [1.807, 2.05) is 6.07 Å². The Bertz CT molecular complexity index is 380. The second kappa shape index (κ2) is 4.37. The second-order valence-electron chi connectivity index (χ2n) is 2.87. The highest BCUT2D eigenvalue weighted by Gasteiger charge is 2.08. The molecule has 0 aliphatic heterocycles. The molecule has 0 bridgehead atoms. The Morgan fingerprint density at radius 1 is 1.36 bits per heavy atom. The number of aliphatic hydroxyl groups excluding tert-OH is 1. The van der Waals surface area contributed by atoms with E-state index in [0.29, 0.717) is 11.8 Å². The monoisotopic (exact) mass is 189 g/mol. The predicted octanol–water partition coefficient (Wildman–Crippen LogP) is 2.19. The fourth-order valence-corrected chi connectivity index (χ4v) is 1.07. The van der Waals surface area contributed by atoms with Crippen molar-refractivity contribution in [3.63, 3.8) is 0 Å². The van der Waals surface area contributed by atoms with E-state index in [0.717, 1.165) is 0 Å². The van der Waals surface area contributed by atoms with Gasteiger partial charge in [0.15, 0.2) is 6.29 Å². The molecule has 14 heavy (non-hydrogen) atoms. The average Bonchev–Trinajstić information content (AvgIpc) is 2.19. The number of hydrogen-bond acceptors (Lipinski definition) is 3. The molecule has 0 heterocycles. The number of benzene rings is 1. The fourth-order valence-electron chi connectivity index (χ4n) is 1.07. The Kier molecular flexibility index (Phi) is 3.18. The third-order valence-electron chi connectivity index (χ3n) is 1.82. The molecule has 0 fully saturated rings. The maximum absolute atomic E-state index is 10.6. The molecule has 3 heteroatoms. The second-order valence-corrected chi connectivity index (χ2v) is 2.87. The zero-order chi connectivity index (χ0) is 10.6. The van der Waals surface area contributed by atoms with Crippen LogP contribution in [0.25, 0.3) is 5.76 Å². The molecule has 0 aliphatic carbocycles. The lowest BCUT2D eigenvalue weighted by Crippen LogP contribution is -2.01. The van der Waals surface area contributed by atoms with Crippen molar-refractivity contribution in [1.29, 1.82) is 5.41 Å². The molecule has 0 aliphatic rings. The van der Waals surface area contributed by atoms with Crippen molar-refractivity contribution in [1.82, 2.24) is 0 Å². The Balaban J connectivity index is 3.21.